The van der Waals surface area contributed by atoms with Crippen molar-refractivity contribution in [3.05, 3.63) is 83.6 Å². The first kappa shape index (κ1) is 22.8. The summed E-state index contributed by atoms with van der Waals surface area (Å²) in [5.41, 5.74) is 0.673. The molecule has 0 aliphatic rings. The van der Waals surface area contributed by atoms with Crippen molar-refractivity contribution in [2.75, 3.05) is 11.1 Å². The van der Waals surface area contributed by atoms with Gasteiger partial charge in [-0.1, -0.05) is 29.4 Å². The van der Waals surface area contributed by atoms with Crippen LogP contribution in [0.3, 0.4) is 0 Å². The van der Waals surface area contributed by atoms with E-state index in [1.807, 2.05) is 6.07 Å². The highest BCUT2D eigenvalue weighted by Gasteiger charge is 2.30. The van der Waals surface area contributed by atoms with E-state index in [0.717, 1.165) is 35.1 Å². The lowest BCUT2D eigenvalue weighted by atomic mass is 10.2. The van der Waals surface area contributed by atoms with Crippen molar-refractivity contribution in [3.8, 4) is 17.1 Å². The SMILES string of the molecule is O=C(CSc1nnc(-c2cccnc2)n1-c1ccc(Cl)cc1)Nc1cccc(C(F)(F)F)c1. The third-order valence-corrected chi connectivity index (χ3v) is 5.62. The van der Waals surface area contributed by atoms with Gasteiger partial charge in [0.2, 0.25) is 5.91 Å². The van der Waals surface area contributed by atoms with Crippen LogP contribution < -0.4 is 5.32 Å². The molecule has 2 aromatic heterocycles. The van der Waals surface area contributed by atoms with Gasteiger partial charge in [-0.2, -0.15) is 13.2 Å². The Labute approximate surface area is 195 Å². The van der Waals surface area contributed by atoms with Crippen LogP contribution in [0.15, 0.2) is 78.2 Å². The molecule has 0 radical (unpaired) electrons. The van der Waals surface area contributed by atoms with Crippen molar-refractivity contribution in [2.24, 2.45) is 0 Å². The summed E-state index contributed by atoms with van der Waals surface area (Å²) in [5, 5.41) is 11.9. The van der Waals surface area contributed by atoms with Gasteiger partial charge >= 0.3 is 6.18 Å². The molecule has 1 amide bonds. The molecule has 11 heteroatoms. The van der Waals surface area contributed by atoms with Crippen molar-refractivity contribution < 1.29 is 18.0 Å². The number of carbonyl (C=O) groups is 1. The van der Waals surface area contributed by atoms with Crippen LogP contribution in [-0.4, -0.2) is 31.4 Å². The molecule has 168 valence electrons. The minimum atomic E-state index is -4.49. The molecule has 0 atom stereocenters. The normalized spacial score (nSPS) is 11.4. The van der Waals surface area contributed by atoms with Crippen LogP contribution in [0.25, 0.3) is 17.1 Å². The Balaban J connectivity index is 1.55. The van der Waals surface area contributed by atoms with Gasteiger partial charge < -0.3 is 5.32 Å². The number of thioether (sulfide) groups is 1. The number of aromatic nitrogens is 4. The molecule has 0 aliphatic heterocycles. The third kappa shape index (κ3) is 5.52. The first-order valence-electron chi connectivity index (χ1n) is 9.53. The van der Waals surface area contributed by atoms with E-state index in [4.69, 9.17) is 11.6 Å². The van der Waals surface area contributed by atoms with Gasteiger partial charge in [-0.05, 0) is 54.6 Å². The Bertz CT molecular complexity index is 1260. The third-order valence-electron chi connectivity index (χ3n) is 4.44. The van der Waals surface area contributed by atoms with E-state index >= 15 is 0 Å². The van der Waals surface area contributed by atoms with E-state index in [-0.39, 0.29) is 11.4 Å². The van der Waals surface area contributed by atoms with Crippen molar-refractivity contribution in [1.29, 1.82) is 0 Å². The molecular formula is C22H15ClF3N5OS. The fourth-order valence-corrected chi connectivity index (χ4v) is 3.85. The molecule has 0 spiro atoms. The van der Waals surface area contributed by atoms with Crippen LogP contribution in [0.5, 0.6) is 0 Å². The van der Waals surface area contributed by atoms with Gasteiger partial charge in [-0.15, -0.1) is 10.2 Å². The van der Waals surface area contributed by atoms with Gasteiger partial charge in [0.15, 0.2) is 11.0 Å². The first-order chi connectivity index (χ1) is 15.8. The number of benzene rings is 2. The summed E-state index contributed by atoms with van der Waals surface area (Å²) in [4.78, 5) is 16.5. The van der Waals surface area contributed by atoms with Gasteiger partial charge in [0.25, 0.3) is 0 Å². The fraction of sp³-hybridized carbons (Fsp3) is 0.0909. The summed E-state index contributed by atoms with van der Waals surface area (Å²) < 4.78 is 40.5. The van der Waals surface area contributed by atoms with Crippen LogP contribution in [0, 0.1) is 0 Å². The largest absolute Gasteiger partial charge is 0.416 e. The lowest BCUT2D eigenvalue weighted by Crippen LogP contribution is -2.15. The molecular weight excluding hydrogens is 475 g/mol. The number of halogens is 4. The minimum Gasteiger partial charge on any atom is -0.325 e. The summed E-state index contributed by atoms with van der Waals surface area (Å²) in [7, 11) is 0. The summed E-state index contributed by atoms with van der Waals surface area (Å²) in [6.07, 6.45) is -1.21. The summed E-state index contributed by atoms with van der Waals surface area (Å²) >= 11 is 7.11. The van der Waals surface area contributed by atoms with Crippen molar-refractivity contribution >= 4 is 35.0 Å². The molecule has 33 heavy (non-hydrogen) atoms. The van der Waals surface area contributed by atoms with E-state index in [1.54, 1.807) is 47.3 Å². The fourth-order valence-electron chi connectivity index (χ4n) is 2.97. The zero-order chi connectivity index (χ0) is 23.4. The lowest BCUT2D eigenvalue weighted by molar-refractivity contribution is -0.137. The molecule has 6 nitrogen and oxygen atoms in total. The van der Waals surface area contributed by atoms with Crippen molar-refractivity contribution in [3.63, 3.8) is 0 Å². The van der Waals surface area contributed by atoms with E-state index in [1.165, 1.54) is 12.1 Å². The summed E-state index contributed by atoms with van der Waals surface area (Å²) in [6, 6.07) is 15.1. The number of rotatable bonds is 6. The van der Waals surface area contributed by atoms with Crippen LogP contribution in [0.4, 0.5) is 18.9 Å². The first-order valence-corrected chi connectivity index (χ1v) is 10.9. The molecule has 2 aromatic carbocycles. The van der Waals surface area contributed by atoms with Gasteiger partial charge in [0.05, 0.1) is 11.3 Å². The van der Waals surface area contributed by atoms with E-state index in [2.05, 4.69) is 20.5 Å². The number of hydrogen-bond acceptors (Lipinski definition) is 5. The monoisotopic (exact) mass is 489 g/mol. The predicted molar refractivity (Wildman–Crippen MR) is 120 cm³/mol. The number of anilines is 1. The zero-order valence-corrected chi connectivity index (χ0v) is 18.3. The Hall–Kier alpha value is -3.37. The smallest absolute Gasteiger partial charge is 0.325 e. The highest BCUT2D eigenvalue weighted by molar-refractivity contribution is 7.99. The van der Waals surface area contributed by atoms with Gasteiger partial charge in [-0.25, -0.2) is 0 Å². The van der Waals surface area contributed by atoms with Crippen molar-refractivity contribution in [1.82, 2.24) is 19.7 Å². The Morgan fingerprint density at radius 1 is 1.06 bits per heavy atom. The molecule has 0 saturated carbocycles. The highest BCUT2D eigenvalue weighted by Crippen LogP contribution is 2.31. The molecule has 0 fully saturated rings. The van der Waals surface area contributed by atoms with Crippen LogP contribution >= 0.6 is 23.4 Å². The molecule has 0 unspecified atom stereocenters. The predicted octanol–water partition coefficient (Wildman–Crippen LogP) is 5.73. The Morgan fingerprint density at radius 3 is 2.55 bits per heavy atom. The number of carbonyl (C=O) groups excluding carboxylic acids is 1. The molecule has 2 heterocycles. The molecule has 0 aliphatic carbocycles. The van der Waals surface area contributed by atoms with E-state index < -0.39 is 17.6 Å². The zero-order valence-electron chi connectivity index (χ0n) is 16.8. The molecule has 0 saturated heterocycles. The number of pyridine rings is 1. The average molecular weight is 490 g/mol. The van der Waals surface area contributed by atoms with E-state index in [0.29, 0.717) is 16.0 Å². The topological polar surface area (TPSA) is 72.7 Å². The van der Waals surface area contributed by atoms with Crippen LogP contribution in [-0.2, 0) is 11.0 Å². The number of amides is 1. The number of nitrogens with zero attached hydrogens (tertiary/aromatic N) is 4. The molecule has 0 bridgehead atoms. The molecule has 4 aromatic rings. The number of nitrogens with one attached hydrogen (secondary N) is 1. The second-order valence-electron chi connectivity index (χ2n) is 6.78. The maximum absolute atomic E-state index is 12.9. The number of hydrogen-bond donors (Lipinski definition) is 1. The summed E-state index contributed by atoms with van der Waals surface area (Å²) in [5.74, 6) is -0.0474. The van der Waals surface area contributed by atoms with E-state index in [9.17, 15) is 18.0 Å². The van der Waals surface area contributed by atoms with Crippen LogP contribution in [0.2, 0.25) is 5.02 Å². The maximum Gasteiger partial charge on any atom is 0.416 e. The Kier molecular flexibility index (Phi) is 6.66. The second-order valence-corrected chi connectivity index (χ2v) is 8.15. The Morgan fingerprint density at radius 2 is 1.85 bits per heavy atom. The van der Waals surface area contributed by atoms with Crippen molar-refractivity contribution in [2.45, 2.75) is 11.3 Å². The minimum absolute atomic E-state index is 0.0608. The second kappa shape index (κ2) is 9.63. The summed E-state index contributed by atoms with van der Waals surface area (Å²) in [6.45, 7) is 0. The molecule has 4 rings (SSSR count). The lowest BCUT2D eigenvalue weighted by Gasteiger charge is -2.11. The van der Waals surface area contributed by atoms with Gasteiger partial charge in [0, 0.05) is 34.4 Å². The standard InChI is InChI=1S/C22H15ClF3N5OS/c23-16-6-8-18(9-7-16)31-20(14-3-2-10-27-12-14)29-30-21(31)33-13-19(32)28-17-5-1-4-15(11-17)22(24,25)26/h1-12H,13H2,(H,28,32). The van der Waals surface area contributed by atoms with Gasteiger partial charge in [-0.3, -0.25) is 14.3 Å². The quantitative estimate of drug-likeness (QED) is 0.350. The van der Waals surface area contributed by atoms with Crippen LogP contribution in [0.1, 0.15) is 5.56 Å². The number of alkyl halides is 3. The van der Waals surface area contributed by atoms with Gasteiger partial charge in [0.1, 0.15) is 0 Å². The average Bonchev–Trinajstić information content (AvgIpc) is 3.22. The molecule has 1 N–H and O–H groups in total. The maximum atomic E-state index is 12.9. The highest BCUT2D eigenvalue weighted by atomic mass is 35.5.